The average Bonchev–Trinajstić information content (AvgIpc) is 3.38. The number of nitrogens with zero attached hydrogens (tertiary/aromatic N) is 1. The number of benzene rings is 1. The lowest BCUT2D eigenvalue weighted by Crippen LogP contribution is -2.48. The molecule has 120 valence electrons. The Morgan fingerprint density at radius 2 is 2.23 bits per heavy atom. The number of rotatable bonds is 6. The molecular formula is C17H24N2O3. The molecule has 5 nitrogen and oxygen atoms in total. The molecule has 1 aliphatic carbocycles. The van der Waals surface area contributed by atoms with Crippen LogP contribution in [0, 0.1) is 5.92 Å². The van der Waals surface area contributed by atoms with Gasteiger partial charge in [0.25, 0.3) is 0 Å². The maximum absolute atomic E-state index is 11.9. The molecule has 3 rings (SSSR count). The highest BCUT2D eigenvalue weighted by atomic mass is 16.5. The van der Waals surface area contributed by atoms with Gasteiger partial charge in [0.15, 0.2) is 0 Å². The molecule has 1 amide bonds. The van der Waals surface area contributed by atoms with Crippen LogP contribution in [-0.2, 0) is 4.79 Å². The van der Waals surface area contributed by atoms with Crippen LogP contribution in [0.5, 0.6) is 5.75 Å². The number of piperidine rings is 1. The lowest BCUT2D eigenvalue weighted by atomic mass is 10.0. The Balaban J connectivity index is 1.59. The predicted molar refractivity (Wildman–Crippen MR) is 85.1 cm³/mol. The zero-order chi connectivity index (χ0) is 15.4. The first-order valence-electron chi connectivity index (χ1n) is 8.15. The highest BCUT2D eigenvalue weighted by Gasteiger charge is 2.32. The first-order valence-corrected chi connectivity index (χ1v) is 8.15. The minimum atomic E-state index is 0.0171. The van der Waals surface area contributed by atoms with Gasteiger partial charge >= 0.3 is 0 Å². The summed E-state index contributed by atoms with van der Waals surface area (Å²) in [7, 11) is 0. The second kappa shape index (κ2) is 7.01. The summed E-state index contributed by atoms with van der Waals surface area (Å²) in [6, 6.07) is 8.17. The summed E-state index contributed by atoms with van der Waals surface area (Å²) in [5.41, 5.74) is 1.11. The summed E-state index contributed by atoms with van der Waals surface area (Å²) in [6.07, 6.45) is 4.23. The van der Waals surface area contributed by atoms with E-state index in [0.29, 0.717) is 6.61 Å². The number of anilines is 1. The molecule has 1 saturated heterocycles. The Kier molecular flexibility index (Phi) is 4.83. The van der Waals surface area contributed by atoms with Crippen molar-refractivity contribution in [2.75, 3.05) is 31.2 Å². The lowest BCUT2D eigenvalue weighted by molar-refractivity contribution is -0.123. The zero-order valence-corrected chi connectivity index (χ0v) is 12.8. The Bertz CT molecular complexity index is 516. The van der Waals surface area contributed by atoms with Gasteiger partial charge in [-0.25, -0.2) is 0 Å². The molecule has 22 heavy (non-hydrogen) atoms. The molecule has 0 radical (unpaired) electrons. The number of hydrogen-bond donors (Lipinski definition) is 2. The SMILES string of the molecule is O=C(N[C@H]1CCCN(c2cccc(OCCO)c2)C1)C1CC1. The molecular weight excluding hydrogens is 280 g/mol. The number of aliphatic hydroxyl groups is 1. The number of aliphatic hydroxyl groups excluding tert-OH is 1. The smallest absolute Gasteiger partial charge is 0.223 e. The van der Waals surface area contributed by atoms with Crippen molar-refractivity contribution in [2.45, 2.75) is 31.7 Å². The van der Waals surface area contributed by atoms with Gasteiger partial charge in [-0.15, -0.1) is 0 Å². The molecule has 1 aromatic rings. The quantitative estimate of drug-likeness (QED) is 0.837. The maximum Gasteiger partial charge on any atom is 0.223 e. The molecule has 5 heteroatoms. The monoisotopic (exact) mass is 304 g/mol. The van der Waals surface area contributed by atoms with Gasteiger partial charge in [-0.2, -0.15) is 0 Å². The fourth-order valence-electron chi connectivity index (χ4n) is 2.93. The van der Waals surface area contributed by atoms with E-state index in [1.807, 2.05) is 18.2 Å². The van der Waals surface area contributed by atoms with Crippen molar-refractivity contribution in [1.82, 2.24) is 5.32 Å². The molecule has 2 N–H and O–H groups in total. The fourth-order valence-corrected chi connectivity index (χ4v) is 2.93. The molecule has 1 saturated carbocycles. The van der Waals surface area contributed by atoms with Gasteiger partial charge in [0.1, 0.15) is 12.4 Å². The first kappa shape index (κ1) is 15.2. The Morgan fingerprint density at radius 1 is 1.36 bits per heavy atom. The van der Waals surface area contributed by atoms with Crippen LogP contribution in [0.1, 0.15) is 25.7 Å². The zero-order valence-electron chi connectivity index (χ0n) is 12.8. The van der Waals surface area contributed by atoms with Crippen molar-refractivity contribution in [3.63, 3.8) is 0 Å². The molecule has 0 spiro atoms. The molecule has 1 atom stereocenters. The summed E-state index contributed by atoms with van der Waals surface area (Å²) in [5, 5.41) is 12.0. The predicted octanol–water partition coefficient (Wildman–Crippen LogP) is 1.55. The lowest BCUT2D eigenvalue weighted by Gasteiger charge is -2.35. The van der Waals surface area contributed by atoms with E-state index in [9.17, 15) is 4.79 Å². The second-order valence-corrected chi connectivity index (χ2v) is 6.14. The second-order valence-electron chi connectivity index (χ2n) is 6.14. The van der Waals surface area contributed by atoms with E-state index in [0.717, 1.165) is 50.2 Å². The summed E-state index contributed by atoms with van der Waals surface area (Å²) < 4.78 is 5.47. The number of carbonyl (C=O) groups is 1. The van der Waals surface area contributed by atoms with E-state index in [-0.39, 0.29) is 24.5 Å². The maximum atomic E-state index is 11.9. The molecule has 1 aliphatic heterocycles. The number of amides is 1. The molecule has 1 heterocycles. The summed E-state index contributed by atoms with van der Waals surface area (Å²) >= 11 is 0. The fraction of sp³-hybridized carbons (Fsp3) is 0.588. The Labute approximate surface area is 131 Å². The van der Waals surface area contributed by atoms with Gasteiger partial charge in [0.2, 0.25) is 5.91 Å². The van der Waals surface area contributed by atoms with E-state index < -0.39 is 0 Å². The van der Waals surface area contributed by atoms with E-state index in [1.165, 1.54) is 0 Å². The average molecular weight is 304 g/mol. The van der Waals surface area contributed by atoms with Gasteiger partial charge in [-0.3, -0.25) is 4.79 Å². The summed E-state index contributed by atoms with van der Waals surface area (Å²) in [5.74, 6) is 1.27. The van der Waals surface area contributed by atoms with Crippen LogP contribution in [0.4, 0.5) is 5.69 Å². The van der Waals surface area contributed by atoms with Crippen LogP contribution >= 0.6 is 0 Å². The third kappa shape index (κ3) is 3.91. The normalized spacial score (nSPS) is 21.5. The number of hydrogen-bond acceptors (Lipinski definition) is 4. The molecule has 2 aliphatic rings. The van der Waals surface area contributed by atoms with Crippen LogP contribution in [0.25, 0.3) is 0 Å². The van der Waals surface area contributed by atoms with Gasteiger partial charge in [0.05, 0.1) is 6.61 Å². The Hall–Kier alpha value is -1.75. The van der Waals surface area contributed by atoms with Gasteiger partial charge < -0.3 is 20.1 Å². The summed E-state index contributed by atoms with van der Waals surface area (Å²) in [4.78, 5) is 14.2. The molecule has 1 aromatic carbocycles. The van der Waals surface area contributed by atoms with Gasteiger partial charge in [-0.05, 0) is 37.8 Å². The third-order valence-electron chi connectivity index (χ3n) is 4.26. The Morgan fingerprint density at radius 3 is 3.00 bits per heavy atom. The van der Waals surface area contributed by atoms with Crippen molar-refractivity contribution in [3.05, 3.63) is 24.3 Å². The highest BCUT2D eigenvalue weighted by molar-refractivity contribution is 5.81. The number of carbonyl (C=O) groups excluding carboxylic acids is 1. The van der Waals surface area contributed by atoms with Crippen LogP contribution in [-0.4, -0.2) is 43.4 Å². The van der Waals surface area contributed by atoms with Crippen molar-refractivity contribution in [1.29, 1.82) is 0 Å². The van der Waals surface area contributed by atoms with Crippen molar-refractivity contribution in [2.24, 2.45) is 5.92 Å². The van der Waals surface area contributed by atoms with E-state index >= 15 is 0 Å². The molecule has 0 aromatic heterocycles. The van der Waals surface area contributed by atoms with Crippen LogP contribution in [0.15, 0.2) is 24.3 Å². The molecule has 0 bridgehead atoms. The van der Waals surface area contributed by atoms with Gasteiger partial charge in [0, 0.05) is 36.8 Å². The number of nitrogens with one attached hydrogen (secondary N) is 1. The minimum Gasteiger partial charge on any atom is -0.491 e. The third-order valence-corrected chi connectivity index (χ3v) is 4.26. The van der Waals surface area contributed by atoms with E-state index in [4.69, 9.17) is 9.84 Å². The molecule has 0 unspecified atom stereocenters. The van der Waals surface area contributed by atoms with Crippen molar-refractivity contribution >= 4 is 11.6 Å². The number of ether oxygens (including phenoxy) is 1. The largest absolute Gasteiger partial charge is 0.491 e. The molecule has 2 fully saturated rings. The minimum absolute atomic E-state index is 0.0171. The van der Waals surface area contributed by atoms with Crippen LogP contribution in [0.3, 0.4) is 0 Å². The van der Waals surface area contributed by atoms with Crippen molar-refractivity contribution < 1.29 is 14.6 Å². The van der Waals surface area contributed by atoms with E-state index in [1.54, 1.807) is 0 Å². The topological polar surface area (TPSA) is 61.8 Å². The van der Waals surface area contributed by atoms with Crippen LogP contribution in [0.2, 0.25) is 0 Å². The standard InChI is InChI=1S/C17H24N2O3/c20-9-10-22-16-5-1-4-15(11-16)19-8-2-3-14(12-19)18-17(21)13-6-7-13/h1,4-5,11,13-14,20H,2-3,6-10,12H2,(H,18,21)/t14-/m0/s1. The van der Waals surface area contributed by atoms with Crippen LogP contribution < -0.4 is 15.0 Å². The summed E-state index contributed by atoms with van der Waals surface area (Å²) in [6.45, 7) is 2.17. The van der Waals surface area contributed by atoms with E-state index in [2.05, 4.69) is 16.3 Å². The van der Waals surface area contributed by atoms with Gasteiger partial charge in [-0.1, -0.05) is 6.07 Å². The first-order chi connectivity index (χ1) is 10.8. The highest BCUT2D eigenvalue weighted by Crippen LogP contribution is 2.30. The van der Waals surface area contributed by atoms with Crippen molar-refractivity contribution in [3.8, 4) is 5.75 Å².